The Morgan fingerprint density at radius 2 is 0.644 bits per heavy atom. The summed E-state index contributed by atoms with van der Waals surface area (Å²) in [7, 11) is 0. The van der Waals surface area contributed by atoms with Crippen LogP contribution in [0.2, 0.25) is 0 Å². The van der Waals surface area contributed by atoms with Gasteiger partial charge < -0.3 is 18.9 Å². The average Bonchev–Trinajstić information content (AvgIpc) is 3.22. The normalized spacial score (nSPS) is 12.2. The molecule has 6 nitrogen and oxygen atoms in total. The molecular weight excluding hydrogens is 733 g/mol. The van der Waals surface area contributed by atoms with E-state index in [1.807, 2.05) is 0 Å². The number of rotatable bonds is 49. The van der Waals surface area contributed by atoms with Crippen molar-refractivity contribution in [1.82, 2.24) is 0 Å². The van der Waals surface area contributed by atoms with E-state index in [4.69, 9.17) is 18.9 Å². The van der Waals surface area contributed by atoms with Crippen LogP contribution in [0.25, 0.3) is 0 Å². The average molecular weight is 837 g/mol. The van der Waals surface area contributed by atoms with Gasteiger partial charge >= 0.3 is 11.9 Å². The summed E-state index contributed by atoms with van der Waals surface area (Å²) in [5.74, 6) is 0.0319. The smallest absolute Gasteiger partial charge is 0.306 e. The molecule has 0 aliphatic heterocycles. The molecule has 0 spiro atoms. The fraction of sp³-hybridized carbons (Fsp3) is 0.962. The summed E-state index contributed by atoms with van der Waals surface area (Å²) < 4.78 is 23.9. The number of esters is 2. The number of hydrogen-bond acceptors (Lipinski definition) is 6. The molecule has 0 aromatic heterocycles. The van der Waals surface area contributed by atoms with Crippen molar-refractivity contribution in [1.29, 1.82) is 0 Å². The minimum absolute atomic E-state index is 0.0159. The fourth-order valence-electron chi connectivity index (χ4n) is 8.11. The molecule has 59 heavy (non-hydrogen) atoms. The van der Waals surface area contributed by atoms with Gasteiger partial charge in [0.25, 0.3) is 0 Å². The van der Waals surface area contributed by atoms with E-state index < -0.39 is 0 Å². The zero-order chi connectivity index (χ0) is 43.1. The van der Waals surface area contributed by atoms with Crippen LogP contribution in [-0.4, -0.2) is 50.1 Å². The molecule has 0 aromatic carbocycles. The maximum Gasteiger partial charge on any atom is 0.306 e. The number of carbonyl (C=O) groups excluding carboxylic acids is 2. The van der Waals surface area contributed by atoms with Gasteiger partial charge in [-0.15, -0.1) is 0 Å². The van der Waals surface area contributed by atoms with Crippen molar-refractivity contribution < 1.29 is 28.5 Å². The molecule has 0 amide bonds. The summed E-state index contributed by atoms with van der Waals surface area (Å²) in [6.45, 7) is 13.3. The van der Waals surface area contributed by atoms with Gasteiger partial charge in [-0.05, 0) is 84.0 Å². The van der Waals surface area contributed by atoms with Gasteiger partial charge in [-0.3, -0.25) is 9.59 Å². The summed E-state index contributed by atoms with van der Waals surface area (Å²) in [5.41, 5.74) is 0. The van der Waals surface area contributed by atoms with E-state index in [1.54, 1.807) is 0 Å². The van der Waals surface area contributed by atoms with Crippen LogP contribution in [0.4, 0.5) is 0 Å². The quantitative estimate of drug-likeness (QED) is 0.0449. The first-order valence-corrected chi connectivity index (χ1v) is 26.5. The fourth-order valence-corrected chi connectivity index (χ4v) is 8.11. The Kier molecular flexibility index (Phi) is 47.0. The molecule has 0 aliphatic rings. The molecule has 0 rings (SSSR count). The second kappa shape index (κ2) is 47.9. The van der Waals surface area contributed by atoms with Gasteiger partial charge in [0, 0.05) is 26.1 Å². The lowest BCUT2D eigenvalue weighted by Crippen LogP contribution is -2.18. The van der Waals surface area contributed by atoms with Crippen LogP contribution >= 0.6 is 0 Å². The van der Waals surface area contributed by atoms with E-state index in [0.29, 0.717) is 19.4 Å². The third kappa shape index (κ3) is 44.7. The predicted molar refractivity (Wildman–Crippen MR) is 253 cm³/mol. The molecular formula is C53H104O6. The van der Waals surface area contributed by atoms with Crippen molar-refractivity contribution >= 4 is 11.9 Å². The Balaban J connectivity index is 3.92. The van der Waals surface area contributed by atoms with E-state index >= 15 is 0 Å². The van der Waals surface area contributed by atoms with Crippen molar-refractivity contribution in [2.45, 2.75) is 310 Å². The first-order valence-electron chi connectivity index (χ1n) is 26.5. The van der Waals surface area contributed by atoms with Gasteiger partial charge in [0.2, 0.25) is 0 Å². The highest BCUT2D eigenvalue weighted by atomic mass is 16.5. The van der Waals surface area contributed by atoms with Crippen LogP contribution in [0.5, 0.6) is 0 Å². The lowest BCUT2D eigenvalue weighted by molar-refractivity contribution is -0.151. The van der Waals surface area contributed by atoms with Gasteiger partial charge in [0.1, 0.15) is 12.2 Å². The Labute approximate surface area is 368 Å². The van der Waals surface area contributed by atoms with E-state index in [2.05, 4.69) is 34.6 Å². The third-order valence-corrected chi connectivity index (χ3v) is 12.1. The van der Waals surface area contributed by atoms with Crippen molar-refractivity contribution in [3.05, 3.63) is 0 Å². The maximum atomic E-state index is 12.7. The second-order valence-corrected chi connectivity index (χ2v) is 18.2. The molecule has 6 heteroatoms. The van der Waals surface area contributed by atoms with Gasteiger partial charge in [0.05, 0.1) is 12.7 Å². The zero-order valence-electron chi connectivity index (χ0n) is 40.6. The molecule has 0 aliphatic carbocycles. The molecule has 0 aromatic rings. The summed E-state index contributed by atoms with van der Waals surface area (Å²) in [6.07, 6.45) is 47.2. The standard InChI is InChI=1S/C53H104O6/c1-6-10-14-18-24-32-40-50(41-33-25-19-15-11-7-2)58-52(54)44-36-28-22-30-38-46-56-48-49(5)57-47-39-31-23-29-37-45-53(55)59-51(42-34-26-20-16-12-8-3)43-35-27-21-17-13-9-4/h49-51H,6-48H2,1-5H3. The molecule has 0 fully saturated rings. The minimum atomic E-state index is 0.0159. The van der Waals surface area contributed by atoms with Gasteiger partial charge in [-0.25, -0.2) is 0 Å². The van der Waals surface area contributed by atoms with Crippen LogP contribution < -0.4 is 0 Å². The highest BCUT2D eigenvalue weighted by molar-refractivity contribution is 5.69. The number of unbranched alkanes of at least 4 members (excludes halogenated alkanes) is 28. The Hall–Kier alpha value is -1.14. The van der Waals surface area contributed by atoms with Gasteiger partial charge in [-0.2, -0.15) is 0 Å². The molecule has 0 radical (unpaired) electrons. The van der Waals surface area contributed by atoms with E-state index in [0.717, 1.165) is 103 Å². The largest absolute Gasteiger partial charge is 0.462 e. The summed E-state index contributed by atoms with van der Waals surface area (Å²) in [6, 6.07) is 0. The molecule has 0 N–H and O–H groups in total. The first-order chi connectivity index (χ1) is 29.0. The Morgan fingerprint density at radius 1 is 0.356 bits per heavy atom. The molecule has 1 atom stereocenters. The van der Waals surface area contributed by atoms with Crippen molar-refractivity contribution in [3.8, 4) is 0 Å². The van der Waals surface area contributed by atoms with E-state index in [9.17, 15) is 9.59 Å². The Bertz CT molecular complexity index is 816. The Morgan fingerprint density at radius 3 is 1.00 bits per heavy atom. The maximum absolute atomic E-state index is 12.7. The van der Waals surface area contributed by atoms with Gasteiger partial charge in [0.15, 0.2) is 0 Å². The summed E-state index contributed by atoms with van der Waals surface area (Å²) in [5, 5.41) is 0. The summed E-state index contributed by atoms with van der Waals surface area (Å²) >= 11 is 0. The predicted octanol–water partition coefficient (Wildman–Crippen LogP) is 16.9. The van der Waals surface area contributed by atoms with E-state index in [1.165, 1.54) is 154 Å². The third-order valence-electron chi connectivity index (χ3n) is 12.1. The van der Waals surface area contributed by atoms with Crippen LogP contribution in [0.15, 0.2) is 0 Å². The molecule has 352 valence electrons. The molecule has 1 unspecified atom stereocenters. The van der Waals surface area contributed by atoms with Crippen LogP contribution in [-0.2, 0) is 28.5 Å². The molecule has 0 saturated heterocycles. The number of hydrogen-bond donors (Lipinski definition) is 0. The molecule has 0 saturated carbocycles. The lowest BCUT2D eigenvalue weighted by atomic mass is 10.0. The summed E-state index contributed by atoms with van der Waals surface area (Å²) in [4.78, 5) is 25.4. The van der Waals surface area contributed by atoms with Crippen LogP contribution in [0.1, 0.15) is 291 Å². The first kappa shape index (κ1) is 57.9. The zero-order valence-corrected chi connectivity index (χ0v) is 40.6. The second-order valence-electron chi connectivity index (χ2n) is 18.2. The minimum Gasteiger partial charge on any atom is -0.462 e. The van der Waals surface area contributed by atoms with Crippen LogP contribution in [0.3, 0.4) is 0 Å². The highest BCUT2D eigenvalue weighted by Crippen LogP contribution is 2.20. The van der Waals surface area contributed by atoms with Crippen molar-refractivity contribution in [2.75, 3.05) is 19.8 Å². The van der Waals surface area contributed by atoms with E-state index in [-0.39, 0.29) is 30.3 Å². The van der Waals surface area contributed by atoms with Crippen LogP contribution in [0, 0.1) is 0 Å². The van der Waals surface area contributed by atoms with Crippen molar-refractivity contribution in [2.24, 2.45) is 0 Å². The number of carbonyl (C=O) groups is 2. The van der Waals surface area contributed by atoms with Crippen molar-refractivity contribution in [3.63, 3.8) is 0 Å². The van der Waals surface area contributed by atoms with Gasteiger partial charge in [-0.1, -0.05) is 195 Å². The topological polar surface area (TPSA) is 71.1 Å². The monoisotopic (exact) mass is 837 g/mol. The highest BCUT2D eigenvalue weighted by Gasteiger charge is 2.16. The lowest BCUT2D eigenvalue weighted by Gasteiger charge is -2.18. The number of ether oxygens (including phenoxy) is 4. The molecule has 0 bridgehead atoms. The molecule has 0 heterocycles. The SMILES string of the molecule is CCCCCCCCC(CCCCCCCC)OC(=O)CCCCCCCOCC(C)OCCCCCCCC(=O)OC(CCCCCCCC)CCCCCCCC.